The fraction of sp³-hybridized carbons (Fsp3) is 0.214. The van der Waals surface area contributed by atoms with Gasteiger partial charge in [0, 0.05) is 21.4 Å². The molecule has 2 heteroatoms. The van der Waals surface area contributed by atoms with Crippen molar-refractivity contribution >= 4 is 17.1 Å². The molecule has 0 spiro atoms. The van der Waals surface area contributed by atoms with Gasteiger partial charge in [-0.15, -0.1) is 11.3 Å². The minimum absolute atomic E-state index is 0.118. The molecule has 0 radical (unpaired) electrons. The van der Waals surface area contributed by atoms with Crippen molar-refractivity contribution in [3.05, 3.63) is 56.8 Å². The van der Waals surface area contributed by atoms with E-state index in [2.05, 4.69) is 6.92 Å². The second-order valence-corrected chi connectivity index (χ2v) is 5.19. The van der Waals surface area contributed by atoms with Gasteiger partial charge in [0.2, 0.25) is 0 Å². The quantitative estimate of drug-likeness (QED) is 0.715. The van der Waals surface area contributed by atoms with Gasteiger partial charge in [-0.1, -0.05) is 12.1 Å². The Labute approximate surface area is 99.8 Å². The van der Waals surface area contributed by atoms with Gasteiger partial charge >= 0.3 is 0 Å². The maximum atomic E-state index is 12.1. The van der Waals surface area contributed by atoms with E-state index in [1.807, 2.05) is 43.5 Å². The maximum Gasteiger partial charge on any atom is 0.193 e. The number of hydrogen-bond donors (Lipinski definition) is 0. The van der Waals surface area contributed by atoms with Crippen molar-refractivity contribution in [3.8, 4) is 0 Å². The summed E-state index contributed by atoms with van der Waals surface area (Å²) in [5.74, 6) is 0.118. The summed E-state index contributed by atoms with van der Waals surface area (Å²) in [5.41, 5.74) is 3.96. The zero-order valence-electron chi connectivity index (χ0n) is 9.70. The SMILES string of the molecule is Cc1cc(C(=O)c2ccc(C)c(C)c2)cs1. The van der Waals surface area contributed by atoms with Gasteiger partial charge in [0.1, 0.15) is 0 Å². The molecule has 2 rings (SSSR count). The van der Waals surface area contributed by atoms with Crippen molar-refractivity contribution in [1.29, 1.82) is 0 Å². The molecule has 0 unspecified atom stereocenters. The molecule has 82 valence electrons. The van der Waals surface area contributed by atoms with Gasteiger partial charge in [0.05, 0.1) is 0 Å². The zero-order chi connectivity index (χ0) is 11.7. The molecule has 1 nitrogen and oxygen atoms in total. The number of benzene rings is 1. The minimum atomic E-state index is 0.118. The van der Waals surface area contributed by atoms with E-state index in [9.17, 15) is 4.79 Å². The summed E-state index contributed by atoms with van der Waals surface area (Å²) in [7, 11) is 0. The van der Waals surface area contributed by atoms with Crippen LogP contribution in [0.2, 0.25) is 0 Å². The highest BCUT2D eigenvalue weighted by molar-refractivity contribution is 7.10. The van der Waals surface area contributed by atoms with Crippen molar-refractivity contribution in [1.82, 2.24) is 0 Å². The summed E-state index contributed by atoms with van der Waals surface area (Å²) in [5, 5.41) is 1.92. The number of ketones is 1. The van der Waals surface area contributed by atoms with Crippen LogP contribution in [0.4, 0.5) is 0 Å². The molecule has 0 amide bonds. The second kappa shape index (κ2) is 4.22. The van der Waals surface area contributed by atoms with Gasteiger partial charge in [-0.05, 0) is 44.0 Å². The molecule has 1 aromatic carbocycles. The molecular weight excluding hydrogens is 216 g/mol. The lowest BCUT2D eigenvalue weighted by Crippen LogP contribution is -2.00. The summed E-state index contributed by atoms with van der Waals surface area (Å²) in [4.78, 5) is 13.3. The Morgan fingerprint density at radius 3 is 2.31 bits per heavy atom. The number of carbonyl (C=O) groups excluding carboxylic acids is 1. The van der Waals surface area contributed by atoms with Crippen LogP contribution in [-0.4, -0.2) is 5.78 Å². The average Bonchev–Trinajstić information content (AvgIpc) is 2.68. The van der Waals surface area contributed by atoms with E-state index < -0.39 is 0 Å². The minimum Gasteiger partial charge on any atom is -0.289 e. The van der Waals surface area contributed by atoms with Crippen LogP contribution in [-0.2, 0) is 0 Å². The van der Waals surface area contributed by atoms with Crippen LogP contribution < -0.4 is 0 Å². The number of rotatable bonds is 2. The van der Waals surface area contributed by atoms with Crippen molar-refractivity contribution in [2.24, 2.45) is 0 Å². The predicted octanol–water partition coefficient (Wildman–Crippen LogP) is 3.90. The molecule has 0 bridgehead atoms. The molecule has 0 aliphatic carbocycles. The lowest BCUT2D eigenvalue weighted by atomic mass is 10.0. The van der Waals surface area contributed by atoms with Crippen molar-refractivity contribution < 1.29 is 4.79 Å². The predicted molar refractivity (Wildman–Crippen MR) is 68.4 cm³/mol. The topological polar surface area (TPSA) is 17.1 Å². The molecule has 0 aliphatic rings. The number of carbonyl (C=O) groups is 1. The van der Waals surface area contributed by atoms with Gasteiger partial charge in [0.25, 0.3) is 0 Å². The Hall–Kier alpha value is -1.41. The van der Waals surface area contributed by atoms with Crippen molar-refractivity contribution in [2.75, 3.05) is 0 Å². The standard InChI is InChI=1S/C14H14OS/c1-9-4-5-12(6-10(9)2)14(15)13-7-11(3)16-8-13/h4-8H,1-3H3. The number of thiophene rings is 1. The van der Waals surface area contributed by atoms with E-state index in [1.54, 1.807) is 11.3 Å². The van der Waals surface area contributed by atoms with Gasteiger partial charge < -0.3 is 0 Å². The Bertz CT molecular complexity index is 537. The van der Waals surface area contributed by atoms with E-state index in [4.69, 9.17) is 0 Å². The molecule has 16 heavy (non-hydrogen) atoms. The van der Waals surface area contributed by atoms with Crippen LogP contribution in [0.25, 0.3) is 0 Å². The van der Waals surface area contributed by atoms with Gasteiger partial charge in [-0.3, -0.25) is 4.79 Å². The summed E-state index contributed by atoms with van der Waals surface area (Å²) >= 11 is 1.61. The maximum absolute atomic E-state index is 12.1. The van der Waals surface area contributed by atoms with E-state index in [1.165, 1.54) is 10.4 Å². The summed E-state index contributed by atoms with van der Waals surface area (Å²) < 4.78 is 0. The van der Waals surface area contributed by atoms with Crippen LogP contribution in [0.3, 0.4) is 0 Å². The third kappa shape index (κ3) is 2.07. The average molecular weight is 230 g/mol. The van der Waals surface area contributed by atoms with Gasteiger partial charge in [-0.25, -0.2) is 0 Å². The summed E-state index contributed by atoms with van der Waals surface area (Å²) in [6.45, 7) is 6.10. The Kier molecular flexibility index (Phi) is 2.92. The normalized spacial score (nSPS) is 10.4. The third-order valence-electron chi connectivity index (χ3n) is 2.76. The second-order valence-electron chi connectivity index (χ2n) is 4.07. The number of hydrogen-bond acceptors (Lipinski definition) is 2. The first kappa shape index (κ1) is 11.1. The number of aryl methyl sites for hydroxylation is 3. The molecule has 0 aliphatic heterocycles. The molecule has 0 saturated heterocycles. The van der Waals surface area contributed by atoms with Crippen molar-refractivity contribution in [2.45, 2.75) is 20.8 Å². The molecular formula is C14H14OS. The molecule has 0 atom stereocenters. The van der Waals surface area contributed by atoms with Crippen molar-refractivity contribution in [3.63, 3.8) is 0 Å². The van der Waals surface area contributed by atoms with Crippen LogP contribution in [0, 0.1) is 20.8 Å². The molecule has 0 saturated carbocycles. The molecule has 1 aromatic heterocycles. The first-order valence-electron chi connectivity index (χ1n) is 5.25. The first-order chi connectivity index (χ1) is 7.58. The fourth-order valence-electron chi connectivity index (χ4n) is 1.61. The van der Waals surface area contributed by atoms with Gasteiger partial charge in [-0.2, -0.15) is 0 Å². The lowest BCUT2D eigenvalue weighted by Gasteiger charge is -2.03. The highest BCUT2D eigenvalue weighted by Crippen LogP contribution is 2.18. The highest BCUT2D eigenvalue weighted by Gasteiger charge is 2.10. The van der Waals surface area contributed by atoms with E-state index in [0.717, 1.165) is 16.7 Å². The first-order valence-corrected chi connectivity index (χ1v) is 6.13. The van der Waals surface area contributed by atoms with E-state index in [-0.39, 0.29) is 5.78 Å². The lowest BCUT2D eigenvalue weighted by molar-refractivity contribution is 0.103. The highest BCUT2D eigenvalue weighted by atomic mass is 32.1. The fourth-order valence-corrected chi connectivity index (χ4v) is 2.29. The van der Waals surface area contributed by atoms with Crippen LogP contribution in [0.5, 0.6) is 0 Å². The van der Waals surface area contributed by atoms with Gasteiger partial charge in [0.15, 0.2) is 5.78 Å². The van der Waals surface area contributed by atoms with Crippen LogP contribution in [0.1, 0.15) is 31.9 Å². The molecule has 2 aromatic rings. The Morgan fingerprint density at radius 1 is 1.00 bits per heavy atom. The zero-order valence-corrected chi connectivity index (χ0v) is 10.5. The smallest absolute Gasteiger partial charge is 0.193 e. The monoisotopic (exact) mass is 230 g/mol. The molecule has 1 heterocycles. The van der Waals surface area contributed by atoms with Crippen LogP contribution in [0.15, 0.2) is 29.6 Å². The molecule has 0 N–H and O–H groups in total. The van der Waals surface area contributed by atoms with E-state index in [0.29, 0.717) is 0 Å². The Balaban J connectivity index is 2.38. The third-order valence-corrected chi connectivity index (χ3v) is 3.62. The summed E-state index contributed by atoms with van der Waals surface area (Å²) in [6, 6.07) is 7.81. The molecule has 0 fully saturated rings. The Morgan fingerprint density at radius 2 is 1.75 bits per heavy atom. The largest absolute Gasteiger partial charge is 0.289 e. The van der Waals surface area contributed by atoms with Crippen LogP contribution >= 0.6 is 11.3 Å². The summed E-state index contributed by atoms with van der Waals surface area (Å²) in [6.07, 6.45) is 0. The van der Waals surface area contributed by atoms with E-state index >= 15 is 0 Å².